The van der Waals surface area contributed by atoms with Gasteiger partial charge in [-0.05, 0) is 48.3 Å². The zero-order chi connectivity index (χ0) is 21.3. The highest BCUT2D eigenvalue weighted by molar-refractivity contribution is 5.96. The van der Waals surface area contributed by atoms with Crippen LogP contribution in [0.15, 0.2) is 48.7 Å². The molecule has 2 aromatic carbocycles. The molecule has 0 unspecified atom stereocenters. The minimum atomic E-state index is -1.21. The van der Waals surface area contributed by atoms with Crippen LogP contribution >= 0.6 is 0 Å². The van der Waals surface area contributed by atoms with E-state index in [0.29, 0.717) is 37.7 Å². The molecule has 3 aromatic rings. The van der Waals surface area contributed by atoms with Gasteiger partial charge in [-0.2, -0.15) is 0 Å². The predicted octanol–water partition coefficient (Wildman–Crippen LogP) is 4.07. The first-order valence-electron chi connectivity index (χ1n) is 9.95. The highest BCUT2D eigenvalue weighted by atomic mass is 19.2. The lowest BCUT2D eigenvalue weighted by molar-refractivity contribution is 0.0672. The van der Waals surface area contributed by atoms with E-state index in [1.807, 2.05) is 24.3 Å². The summed E-state index contributed by atoms with van der Waals surface area (Å²) in [6.07, 6.45) is 3.13. The highest BCUT2D eigenvalue weighted by Crippen LogP contribution is 2.25. The van der Waals surface area contributed by atoms with Crippen LogP contribution in [0.2, 0.25) is 0 Å². The van der Waals surface area contributed by atoms with E-state index in [-0.39, 0.29) is 23.8 Å². The van der Waals surface area contributed by atoms with Gasteiger partial charge in [-0.3, -0.25) is 9.78 Å². The molecule has 2 heterocycles. The van der Waals surface area contributed by atoms with Crippen molar-refractivity contribution < 1.29 is 18.0 Å². The third-order valence-corrected chi connectivity index (χ3v) is 5.83. The molecule has 0 saturated carbocycles. The molecule has 7 heteroatoms. The SMILES string of the molecule is N[C@H](Cc1cc(F)c(F)cc1F)C1CCN(C(=O)c2cc3ccccc3cn2)CC1. The van der Waals surface area contributed by atoms with Crippen LogP contribution in [-0.4, -0.2) is 34.9 Å². The lowest BCUT2D eigenvalue weighted by Gasteiger charge is -2.34. The summed E-state index contributed by atoms with van der Waals surface area (Å²) >= 11 is 0. The maximum absolute atomic E-state index is 13.9. The van der Waals surface area contributed by atoms with E-state index in [1.54, 1.807) is 17.2 Å². The lowest BCUT2D eigenvalue weighted by atomic mass is 9.86. The third-order valence-electron chi connectivity index (χ3n) is 5.83. The minimum Gasteiger partial charge on any atom is -0.337 e. The van der Waals surface area contributed by atoms with Crippen molar-refractivity contribution in [2.45, 2.75) is 25.3 Å². The van der Waals surface area contributed by atoms with Gasteiger partial charge < -0.3 is 10.6 Å². The molecule has 0 aliphatic carbocycles. The number of carbonyl (C=O) groups is 1. The molecule has 1 amide bonds. The first-order chi connectivity index (χ1) is 14.4. The third kappa shape index (κ3) is 4.16. The number of piperidine rings is 1. The second-order valence-electron chi connectivity index (χ2n) is 7.77. The van der Waals surface area contributed by atoms with Gasteiger partial charge in [0.1, 0.15) is 11.5 Å². The Kier molecular flexibility index (Phi) is 5.72. The molecule has 1 atom stereocenters. The van der Waals surface area contributed by atoms with E-state index in [4.69, 9.17) is 5.73 Å². The van der Waals surface area contributed by atoms with Gasteiger partial charge in [0.2, 0.25) is 0 Å². The summed E-state index contributed by atoms with van der Waals surface area (Å²) in [6.45, 7) is 1.04. The summed E-state index contributed by atoms with van der Waals surface area (Å²) in [7, 11) is 0. The molecule has 1 fully saturated rings. The number of benzene rings is 2. The summed E-state index contributed by atoms with van der Waals surface area (Å²) in [5.41, 5.74) is 6.71. The number of hydrogen-bond acceptors (Lipinski definition) is 3. The molecule has 1 aromatic heterocycles. The largest absolute Gasteiger partial charge is 0.337 e. The van der Waals surface area contributed by atoms with Crippen LogP contribution in [0.4, 0.5) is 13.2 Å². The quantitative estimate of drug-likeness (QED) is 0.656. The standard InChI is InChI=1S/C23H22F3N3O/c24-18-12-20(26)19(25)9-17(18)10-21(27)14-5-7-29(8-6-14)23(30)22-11-15-3-1-2-4-16(15)13-28-22/h1-4,9,11-14,21H,5-8,10,27H2/t21-/m1/s1. The van der Waals surface area contributed by atoms with Gasteiger partial charge >= 0.3 is 0 Å². The van der Waals surface area contributed by atoms with E-state index >= 15 is 0 Å². The summed E-state index contributed by atoms with van der Waals surface area (Å²) in [6, 6.07) is 10.5. The average Bonchev–Trinajstić information content (AvgIpc) is 2.76. The van der Waals surface area contributed by atoms with Crippen molar-refractivity contribution in [3.8, 4) is 0 Å². The topological polar surface area (TPSA) is 59.2 Å². The molecule has 1 aliphatic rings. The number of hydrogen-bond donors (Lipinski definition) is 1. The number of amides is 1. The van der Waals surface area contributed by atoms with Crippen molar-refractivity contribution in [1.82, 2.24) is 9.88 Å². The summed E-state index contributed by atoms with van der Waals surface area (Å²) < 4.78 is 40.4. The maximum Gasteiger partial charge on any atom is 0.272 e. The van der Waals surface area contributed by atoms with Crippen LogP contribution in [-0.2, 0) is 6.42 Å². The maximum atomic E-state index is 13.9. The predicted molar refractivity (Wildman–Crippen MR) is 108 cm³/mol. The van der Waals surface area contributed by atoms with Crippen molar-refractivity contribution in [3.05, 3.63) is 77.4 Å². The molecule has 1 saturated heterocycles. The number of nitrogens with two attached hydrogens (primary N) is 1. The molecule has 4 nitrogen and oxygen atoms in total. The molecule has 0 bridgehead atoms. The smallest absolute Gasteiger partial charge is 0.272 e. The Morgan fingerprint density at radius 1 is 1.03 bits per heavy atom. The lowest BCUT2D eigenvalue weighted by Crippen LogP contribution is -2.44. The normalized spacial score (nSPS) is 16.1. The molecule has 156 valence electrons. The zero-order valence-corrected chi connectivity index (χ0v) is 16.3. The Morgan fingerprint density at radius 3 is 2.43 bits per heavy atom. The van der Waals surface area contributed by atoms with Gasteiger partial charge in [0.05, 0.1) is 0 Å². The molecular weight excluding hydrogens is 391 g/mol. The first kappa shape index (κ1) is 20.3. The number of halogens is 3. The van der Waals surface area contributed by atoms with Crippen LogP contribution < -0.4 is 5.73 Å². The number of carbonyl (C=O) groups excluding carboxylic acids is 1. The summed E-state index contributed by atoms with van der Waals surface area (Å²) in [4.78, 5) is 18.9. The minimum absolute atomic E-state index is 0.0612. The van der Waals surface area contributed by atoms with Crippen LogP contribution in [0.1, 0.15) is 28.9 Å². The molecule has 30 heavy (non-hydrogen) atoms. The van der Waals surface area contributed by atoms with Gasteiger partial charge in [0.25, 0.3) is 5.91 Å². The van der Waals surface area contributed by atoms with Crippen molar-refractivity contribution in [2.24, 2.45) is 11.7 Å². The Balaban J connectivity index is 1.38. The first-order valence-corrected chi connectivity index (χ1v) is 9.95. The van der Waals surface area contributed by atoms with Gasteiger partial charge in [0, 0.05) is 36.8 Å². The van der Waals surface area contributed by atoms with E-state index < -0.39 is 23.5 Å². The fourth-order valence-electron chi connectivity index (χ4n) is 4.03. The number of rotatable bonds is 4. The van der Waals surface area contributed by atoms with Crippen LogP contribution in [0.3, 0.4) is 0 Å². The molecule has 4 rings (SSSR count). The Labute approximate surface area is 172 Å². The number of aromatic nitrogens is 1. The molecule has 0 radical (unpaired) electrons. The van der Waals surface area contributed by atoms with Crippen LogP contribution in [0, 0.1) is 23.4 Å². The Hall–Kier alpha value is -2.93. The van der Waals surface area contributed by atoms with Crippen molar-refractivity contribution in [2.75, 3.05) is 13.1 Å². The van der Waals surface area contributed by atoms with Gasteiger partial charge in [-0.1, -0.05) is 24.3 Å². The van der Waals surface area contributed by atoms with E-state index in [2.05, 4.69) is 4.98 Å². The summed E-state index contributed by atoms with van der Waals surface area (Å²) in [5.74, 6) is -3.15. The van der Waals surface area contributed by atoms with E-state index in [1.165, 1.54) is 0 Å². The fourth-order valence-corrected chi connectivity index (χ4v) is 4.03. The van der Waals surface area contributed by atoms with E-state index in [9.17, 15) is 18.0 Å². The van der Waals surface area contributed by atoms with Crippen molar-refractivity contribution in [3.63, 3.8) is 0 Å². The monoisotopic (exact) mass is 413 g/mol. The molecule has 2 N–H and O–H groups in total. The van der Waals surface area contributed by atoms with E-state index in [0.717, 1.165) is 16.8 Å². The van der Waals surface area contributed by atoms with Crippen molar-refractivity contribution >= 4 is 16.7 Å². The number of likely N-dealkylation sites (tertiary alicyclic amines) is 1. The Morgan fingerprint density at radius 2 is 1.70 bits per heavy atom. The number of nitrogens with zero attached hydrogens (tertiary/aromatic N) is 2. The molecule has 0 spiro atoms. The second-order valence-corrected chi connectivity index (χ2v) is 7.77. The Bertz CT molecular complexity index is 1080. The van der Waals surface area contributed by atoms with Crippen LogP contribution in [0.5, 0.6) is 0 Å². The highest BCUT2D eigenvalue weighted by Gasteiger charge is 2.28. The van der Waals surface area contributed by atoms with Crippen LogP contribution in [0.25, 0.3) is 10.8 Å². The van der Waals surface area contributed by atoms with Gasteiger partial charge in [-0.25, -0.2) is 13.2 Å². The number of pyridine rings is 1. The fraction of sp³-hybridized carbons (Fsp3) is 0.304. The molecule has 1 aliphatic heterocycles. The van der Waals surface area contributed by atoms with Crippen molar-refractivity contribution in [1.29, 1.82) is 0 Å². The van der Waals surface area contributed by atoms with Gasteiger partial charge in [0.15, 0.2) is 11.6 Å². The van der Waals surface area contributed by atoms with Gasteiger partial charge in [-0.15, -0.1) is 0 Å². The summed E-state index contributed by atoms with van der Waals surface area (Å²) in [5, 5.41) is 1.93. The average molecular weight is 413 g/mol. The number of fused-ring (bicyclic) bond motifs is 1. The second kappa shape index (κ2) is 8.44. The zero-order valence-electron chi connectivity index (χ0n) is 16.3. The molecular formula is C23H22F3N3O.